The molecule has 0 spiro atoms. The number of nitrogens with zero attached hydrogens (tertiary/aromatic N) is 1. The van der Waals surface area contributed by atoms with Gasteiger partial charge < -0.3 is 10.2 Å². The lowest BCUT2D eigenvalue weighted by molar-refractivity contribution is -0.130. The number of halogens is 1. The molecule has 0 saturated heterocycles. The molecule has 0 saturated carbocycles. The third-order valence-corrected chi connectivity index (χ3v) is 2.81. The molecular weight excluding hydrogens is 252 g/mol. The zero-order valence-corrected chi connectivity index (χ0v) is 10.5. The Hall–Kier alpha value is -1.81. The van der Waals surface area contributed by atoms with Crippen molar-refractivity contribution in [2.45, 2.75) is 12.5 Å². The zero-order chi connectivity index (χ0) is 13.0. The highest BCUT2D eigenvalue weighted by Gasteiger charge is 2.28. The van der Waals surface area contributed by atoms with Gasteiger partial charge in [0.2, 0.25) is 6.10 Å². The van der Waals surface area contributed by atoms with E-state index in [0.717, 1.165) is 11.3 Å². The predicted molar refractivity (Wildman–Crippen MR) is 70.7 cm³/mol. The normalized spacial score (nSPS) is 17.8. The summed E-state index contributed by atoms with van der Waals surface area (Å²) in [6.45, 7) is 3.96. The molecule has 1 heterocycles. The Bertz CT molecular complexity index is 482. The average molecular weight is 265 g/mol. The van der Waals surface area contributed by atoms with Gasteiger partial charge in [-0.15, -0.1) is 6.58 Å². The number of rotatable bonds is 4. The van der Waals surface area contributed by atoms with Gasteiger partial charge in [0.25, 0.3) is 5.91 Å². The van der Waals surface area contributed by atoms with Crippen LogP contribution in [0.15, 0.2) is 42.1 Å². The van der Waals surface area contributed by atoms with Crippen LogP contribution < -0.4 is 5.32 Å². The molecule has 0 unspecified atom stereocenters. The van der Waals surface area contributed by atoms with Crippen LogP contribution in [0.2, 0.25) is 5.02 Å². The lowest BCUT2D eigenvalue weighted by atomic mass is 10.0. The number of carbonyl (C=O) groups is 1. The first-order chi connectivity index (χ1) is 8.70. The Kier molecular flexibility index (Phi) is 3.99. The number of nitrogens with one attached hydrogen (secondary N) is 1. The van der Waals surface area contributed by atoms with Gasteiger partial charge in [-0.2, -0.15) is 0 Å². The van der Waals surface area contributed by atoms with E-state index in [2.05, 4.69) is 17.1 Å². The van der Waals surface area contributed by atoms with Gasteiger partial charge in [0, 0.05) is 18.0 Å². The molecule has 1 aliphatic heterocycles. The van der Waals surface area contributed by atoms with Crippen molar-refractivity contribution in [1.82, 2.24) is 5.32 Å². The van der Waals surface area contributed by atoms with Crippen LogP contribution >= 0.6 is 11.6 Å². The van der Waals surface area contributed by atoms with E-state index in [1.165, 1.54) is 0 Å². The minimum Gasteiger partial charge on any atom is -0.382 e. The maximum absolute atomic E-state index is 11.7. The average Bonchev–Trinajstić information content (AvgIpc) is 2.86. The van der Waals surface area contributed by atoms with E-state index in [1.807, 2.05) is 12.1 Å². The van der Waals surface area contributed by atoms with Gasteiger partial charge in [0.15, 0.2) is 0 Å². The summed E-state index contributed by atoms with van der Waals surface area (Å²) >= 11 is 5.81. The molecule has 18 heavy (non-hydrogen) atoms. The molecule has 0 fully saturated rings. The van der Waals surface area contributed by atoms with Crippen LogP contribution in [0.5, 0.6) is 0 Å². The van der Waals surface area contributed by atoms with E-state index >= 15 is 0 Å². The molecule has 1 amide bonds. The van der Waals surface area contributed by atoms with Crippen molar-refractivity contribution >= 4 is 23.2 Å². The van der Waals surface area contributed by atoms with Gasteiger partial charge >= 0.3 is 0 Å². The summed E-state index contributed by atoms with van der Waals surface area (Å²) in [5.41, 5.74) is 1.67. The second kappa shape index (κ2) is 5.69. The fraction of sp³-hybridized carbons (Fsp3) is 0.231. The van der Waals surface area contributed by atoms with E-state index in [1.54, 1.807) is 18.2 Å². The lowest BCUT2D eigenvalue weighted by Crippen LogP contribution is -2.34. The molecule has 5 heteroatoms. The summed E-state index contributed by atoms with van der Waals surface area (Å²) < 4.78 is 0. The summed E-state index contributed by atoms with van der Waals surface area (Å²) in [5.74, 6) is -0.178. The largest absolute Gasteiger partial charge is 0.382 e. The first kappa shape index (κ1) is 12.6. The fourth-order valence-electron chi connectivity index (χ4n) is 1.62. The Balaban J connectivity index is 1.97. The topological polar surface area (TPSA) is 50.7 Å². The second-order valence-electron chi connectivity index (χ2n) is 3.88. The highest BCUT2D eigenvalue weighted by molar-refractivity contribution is 6.30. The molecule has 1 aromatic rings. The van der Waals surface area contributed by atoms with Gasteiger partial charge in [0.05, 0.1) is 5.71 Å². The van der Waals surface area contributed by atoms with Crippen molar-refractivity contribution < 1.29 is 9.63 Å². The molecule has 94 valence electrons. The van der Waals surface area contributed by atoms with Crippen molar-refractivity contribution in [2.75, 3.05) is 6.54 Å². The molecule has 1 aliphatic rings. The van der Waals surface area contributed by atoms with Crippen molar-refractivity contribution in [3.05, 3.63) is 47.5 Å². The summed E-state index contributed by atoms with van der Waals surface area (Å²) in [4.78, 5) is 16.8. The predicted octanol–water partition coefficient (Wildman–Crippen LogP) is 2.14. The smallest absolute Gasteiger partial charge is 0.264 e. The molecular formula is C13H13ClN2O2. The fourth-order valence-corrected chi connectivity index (χ4v) is 1.74. The van der Waals surface area contributed by atoms with E-state index in [0.29, 0.717) is 18.0 Å². The van der Waals surface area contributed by atoms with Crippen LogP contribution in [0.4, 0.5) is 0 Å². The Labute approximate surface area is 110 Å². The van der Waals surface area contributed by atoms with Crippen LogP contribution in [-0.2, 0) is 9.63 Å². The standard InChI is InChI=1S/C13H13ClN2O2/c1-2-7-15-13(17)12-8-11(16-18-12)9-3-5-10(14)6-4-9/h2-6,12H,1,7-8H2,(H,15,17)/t12-/m1/s1. The molecule has 1 aromatic carbocycles. The number of hydrogen-bond donors (Lipinski definition) is 1. The molecule has 2 rings (SSSR count). The van der Waals surface area contributed by atoms with Crippen LogP contribution in [0.1, 0.15) is 12.0 Å². The molecule has 0 aliphatic carbocycles. The molecule has 0 aromatic heterocycles. The quantitative estimate of drug-likeness (QED) is 0.847. The van der Waals surface area contributed by atoms with E-state index < -0.39 is 6.10 Å². The van der Waals surface area contributed by atoms with Crippen molar-refractivity contribution in [2.24, 2.45) is 5.16 Å². The van der Waals surface area contributed by atoms with Crippen molar-refractivity contribution in [3.63, 3.8) is 0 Å². The highest BCUT2D eigenvalue weighted by Crippen LogP contribution is 2.18. The summed E-state index contributed by atoms with van der Waals surface area (Å²) in [6.07, 6.45) is 1.52. The minimum atomic E-state index is -0.560. The van der Waals surface area contributed by atoms with Gasteiger partial charge in [-0.05, 0) is 17.7 Å². The van der Waals surface area contributed by atoms with Crippen LogP contribution in [-0.4, -0.2) is 24.3 Å². The number of oxime groups is 1. The van der Waals surface area contributed by atoms with Crippen molar-refractivity contribution in [1.29, 1.82) is 0 Å². The molecule has 1 atom stereocenters. The van der Waals surface area contributed by atoms with Gasteiger partial charge in [-0.3, -0.25) is 4.79 Å². The molecule has 4 nitrogen and oxygen atoms in total. The number of amides is 1. The zero-order valence-electron chi connectivity index (χ0n) is 9.73. The first-order valence-corrected chi connectivity index (χ1v) is 5.95. The minimum absolute atomic E-state index is 0.178. The van der Waals surface area contributed by atoms with Gasteiger partial charge in [0.1, 0.15) is 0 Å². The number of carbonyl (C=O) groups excluding carboxylic acids is 1. The van der Waals surface area contributed by atoms with Crippen LogP contribution in [0, 0.1) is 0 Å². The third-order valence-electron chi connectivity index (χ3n) is 2.56. The highest BCUT2D eigenvalue weighted by atomic mass is 35.5. The Morgan fingerprint density at radius 1 is 1.56 bits per heavy atom. The summed E-state index contributed by atoms with van der Waals surface area (Å²) in [7, 11) is 0. The van der Waals surface area contributed by atoms with Crippen LogP contribution in [0.25, 0.3) is 0 Å². The SMILES string of the molecule is C=CCNC(=O)[C@H]1CC(c2ccc(Cl)cc2)=NO1. The van der Waals surface area contributed by atoms with Crippen LogP contribution in [0.3, 0.4) is 0 Å². The third kappa shape index (κ3) is 2.90. The van der Waals surface area contributed by atoms with E-state index in [4.69, 9.17) is 16.4 Å². The van der Waals surface area contributed by atoms with Gasteiger partial charge in [-0.25, -0.2) is 0 Å². The summed E-state index contributed by atoms with van der Waals surface area (Å²) in [6, 6.07) is 7.28. The van der Waals surface area contributed by atoms with Gasteiger partial charge in [-0.1, -0.05) is 35.0 Å². The van der Waals surface area contributed by atoms with E-state index in [-0.39, 0.29) is 5.91 Å². The summed E-state index contributed by atoms with van der Waals surface area (Å²) in [5, 5.41) is 7.28. The first-order valence-electron chi connectivity index (χ1n) is 5.58. The number of benzene rings is 1. The molecule has 1 N–H and O–H groups in total. The second-order valence-corrected chi connectivity index (χ2v) is 4.31. The maximum Gasteiger partial charge on any atom is 0.264 e. The number of hydrogen-bond acceptors (Lipinski definition) is 3. The molecule has 0 radical (unpaired) electrons. The molecule has 0 bridgehead atoms. The Morgan fingerprint density at radius 3 is 2.94 bits per heavy atom. The lowest BCUT2D eigenvalue weighted by Gasteiger charge is -2.07. The van der Waals surface area contributed by atoms with Crippen molar-refractivity contribution in [3.8, 4) is 0 Å². The van der Waals surface area contributed by atoms with E-state index in [9.17, 15) is 4.79 Å². The monoisotopic (exact) mass is 264 g/mol. The Morgan fingerprint density at radius 2 is 2.28 bits per heavy atom. The maximum atomic E-state index is 11.7.